The number of aromatic nitrogens is 2. The molecule has 3 rings (SSSR count). The third kappa shape index (κ3) is 3.31. The molecule has 21 heavy (non-hydrogen) atoms. The van der Waals surface area contributed by atoms with E-state index in [1.54, 1.807) is 0 Å². The number of carbonyl (C=O) groups is 2. The summed E-state index contributed by atoms with van der Waals surface area (Å²) in [4.78, 5) is 23.6. The van der Waals surface area contributed by atoms with E-state index >= 15 is 0 Å². The second-order valence-electron chi connectivity index (χ2n) is 5.49. The largest absolute Gasteiger partial charge is 0.469 e. The van der Waals surface area contributed by atoms with Gasteiger partial charge < -0.3 is 10.1 Å². The quantitative estimate of drug-likeness (QED) is 0.828. The van der Waals surface area contributed by atoms with E-state index in [4.69, 9.17) is 4.74 Å². The fourth-order valence-electron chi connectivity index (χ4n) is 2.65. The van der Waals surface area contributed by atoms with E-state index in [0.717, 1.165) is 37.1 Å². The minimum Gasteiger partial charge on any atom is -0.469 e. The van der Waals surface area contributed by atoms with E-state index < -0.39 is 0 Å². The number of anilines is 1. The third-order valence-electron chi connectivity index (χ3n) is 3.92. The van der Waals surface area contributed by atoms with Crippen LogP contribution in [-0.4, -0.2) is 35.3 Å². The summed E-state index contributed by atoms with van der Waals surface area (Å²) in [6, 6.07) is -0.512. The maximum atomic E-state index is 12.0. The minimum absolute atomic E-state index is 0.173. The van der Waals surface area contributed by atoms with Crippen LogP contribution in [0.4, 0.5) is 9.93 Å². The molecule has 2 atom stereocenters. The van der Waals surface area contributed by atoms with Crippen molar-refractivity contribution in [3.8, 4) is 0 Å². The zero-order chi connectivity index (χ0) is 14.8. The monoisotopic (exact) mass is 310 g/mol. The van der Waals surface area contributed by atoms with Gasteiger partial charge in [0.2, 0.25) is 5.13 Å². The van der Waals surface area contributed by atoms with Crippen molar-refractivity contribution in [2.75, 3.05) is 12.4 Å². The lowest BCUT2D eigenvalue weighted by Crippen LogP contribution is -2.42. The van der Waals surface area contributed by atoms with Crippen LogP contribution < -0.4 is 10.6 Å². The molecule has 2 saturated carbocycles. The van der Waals surface area contributed by atoms with Crippen LogP contribution in [0.15, 0.2) is 0 Å². The second-order valence-corrected chi connectivity index (χ2v) is 6.49. The van der Waals surface area contributed by atoms with Gasteiger partial charge in [-0.15, -0.1) is 10.2 Å². The molecule has 0 bridgehead atoms. The molecule has 0 spiro atoms. The number of urea groups is 1. The number of ether oxygens (including phenoxy) is 1. The summed E-state index contributed by atoms with van der Waals surface area (Å²) in [5.74, 6) is 0.0154. The molecule has 8 heteroatoms. The molecule has 0 saturated heterocycles. The van der Waals surface area contributed by atoms with Crippen molar-refractivity contribution in [1.82, 2.24) is 15.5 Å². The molecule has 2 aliphatic carbocycles. The van der Waals surface area contributed by atoms with Gasteiger partial charge in [-0.3, -0.25) is 10.1 Å². The Labute approximate surface area is 126 Å². The Morgan fingerprint density at radius 2 is 2.05 bits per heavy atom. The maximum absolute atomic E-state index is 12.0. The predicted molar refractivity (Wildman–Crippen MR) is 77.2 cm³/mol. The highest BCUT2D eigenvalue weighted by Gasteiger charge is 2.35. The summed E-state index contributed by atoms with van der Waals surface area (Å²) in [6.07, 6.45) is 4.77. The topological polar surface area (TPSA) is 93.2 Å². The molecule has 0 radical (unpaired) electrons. The Bertz CT molecular complexity index is 543. The summed E-state index contributed by atoms with van der Waals surface area (Å²) < 4.78 is 4.77. The Morgan fingerprint density at radius 1 is 1.24 bits per heavy atom. The van der Waals surface area contributed by atoms with Crippen molar-refractivity contribution >= 4 is 28.5 Å². The molecule has 2 N–H and O–H groups in total. The van der Waals surface area contributed by atoms with Gasteiger partial charge in [0.15, 0.2) is 0 Å². The standard InChI is InChI=1S/C13H18N4O3S/c1-20-11(18)8-3-2-4-9(8)14-12(19)15-13-17-16-10(21-13)7-5-6-7/h7-9H,2-6H2,1H3,(H2,14,15,17,19). The molecule has 1 aromatic rings. The fraction of sp³-hybridized carbons (Fsp3) is 0.692. The fourth-order valence-corrected chi connectivity index (χ4v) is 3.56. The first-order valence-corrected chi connectivity index (χ1v) is 7.97. The number of carbonyl (C=O) groups excluding carboxylic acids is 2. The van der Waals surface area contributed by atoms with Gasteiger partial charge in [0.25, 0.3) is 0 Å². The molecule has 114 valence electrons. The van der Waals surface area contributed by atoms with Crippen LogP contribution >= 0.6 is 11.3 Å². The first kappa shape index (κ1) is 14.2. The SMILES string of the molecule is COC(=O)C1CCCC1NC(=O)Nc1nnc(C2CC2)s1. The van der Waals surface area contributed by atoms with E-state index in [0.29, 0.717) is 11.0 Å². The Hall–Kier alpha value is -1.70. The Balaban J connectivity index is 1.54. The van der Waals surface area contributed by atoms with Gasteiger partial charge in [-0.1, -0.05) is 17.8 Å². The van der Waals surface area contributed by atoms with Crippen molar-refractivity contribution in [2.24, 2.45) is 5.92 Å². The third-order valence-corrected chi connectivity index (χ3v) is 4.93. The van der Waals surface area contributed by atoms with Crippen LogP contribution in [0.1, 0.15) is 43.0 Å². The van der Waals surface area contributed by atoms with Gasteiger partial charge in [0.05, 0.1) is 13.0 Å². The van der Waals surface area contributed by atoms with Gasteiger partial charge in [0, 0.05) is 12.0 Å². The van der Waals surface area contributed by atoms with Gasteiger partial charge in [-0.05, 0) is 25.7 Å². The lowest BCUT2D eigenvalue weighted by atomic mass is 10.0. The summed E-state index contributed by atoms with van der Waals surface area (Å²) in [7, 11) is 1.37. The normalized spacial score (nSPS) is 24.6. The van der Waals surface area contributed by atoms with Crippen molar-refractivity contribution in [3.63, 3.8) is 0 Å². The first-order chi connectivity index (χ1) is 10.2. The molecular formula is C13H18N4O3S. The number of esters is 1. The molecule has 2 amide bonds. The van der Waals surface area contributed by atoms with Crippen molar-refractivity contribution < 1.29 is 14.3 Å². The zero-order valence-electron chi connectivity index (χ0n) is 11.8. The van der Waals surface area contributed by atoms with Crippen molar-refractivity contribution in [3.05, 3.63) is 5.01 Å². The first-order valence-electron chi connectivity index (χ1n) is 7.16. The van der Waals surface area contributed by atoms with Gasteiger partial charge in [-0.2, -0.15) is 0 Å². The molecule has 1 aromatic heterocycles. The van der Waals surface area contributed by atoms with Crippen LogP contribution in [0.2, 0.25) is 0 Å². The number of hydrogen-bond acceptors (Lipinski definition) is 6. The smallest absolute Gasteiger partial charge is 0.321 e. The predicted octanol–water partition coefficient (Wildman–Crippen LogP) is 1.88. The molecule has 1 heterocycles. The lowest BCUT2D eigenvalue weighted by Gasteiger charge is -2.18. The lowest BCUT2D eigenvalue weighted by molar-refractivity contribution is -0.145. The highest BCUT2D eigenvalue weighted by Crippen LogP contribution is 2.42. The Morgan fingerprint density at radius 3 is 2.76 bits per heavy atom. The molecule has 2 fully saturated rings. The molecule has 0 aliphatic heterocycles. The number of hydrogen-bond donors (Lipinski definition) is 2. The molecular weight excluding hydrogens is 292 g/mol. The highest BCUT2D eigenvalue weighted by molar-refractivity contribution is 7.15. The molecule has 2 unspecified atom stereocenters. The second kappa shape index (κ2) is 5.97. The summed E-state index contributed by atoms with van der Waals surface area (Å²) >= 11 is 1.42. The summed E-state index contributed by atoms with van der Waals surface area (Å²) in [5, 5.41) is 15.1. The van der Waals surface area contributed by atoms with E-state index in [1.165, 1.54) is 18.4 Å². The van der Waals surface area contributed by atoms with Crippen LogP contribution in [-0.2, 0) is 9.53 Å². The van der Waals surface area contributed by atoms with E-state index in [-0.39, 0.29) is 24.0 Å². The average Bonchev–Trinajstić information content (AvgIpc) is 3.05. The van der Waals surface area contributed by atoms with Gasteiger partial charge in [-0.25, -0.2) is 4.79 Å². The van der Waals surface area contributed by atoms with Crippen molar-refractivity contribution in [2.45, 2.75) is 44.1 Å². The molecule has 7 nitrogen and oxygen atoms in total. The van der Waals surface area contributed by atoms with E-state index in [9.17, 15) is 9.59 Å². The highest BCUT2D eigenvalue weighted by atomic mass is 32.1. The number of amides is 2. The Kier molecular flexibility index (Phi) is 4.05. The summed E-state index contributed by atoms with van der Waals surface area (Å²) in [5.41, 5.74) is 0. The van der Waals surface area contributed by atoms with Gasteiger partial charge in [0.1, 0.15) is 5.01 Å². The minimum atomic E-state index is -0.339. The average molecular weight is 310 g/mol. The van der Waals surface area contributed by atoms with Crippen molar-refractivity contribution in [1.29, 1.82) is 0 Å². The van der Waals surface area contributed by atoms with Crippen LogP contribution in [0.25, 0.3) is 0 Å². The van der Waals surface area contributed by atoms with Gasteiger partial charge >= 0.3 is 12.0 Å². The number of rotatable bonds is 4. The maximum Gasteiger partial charge on any atom is 0.321 e. The zero-order valence-corrected chi connectivity index (χ0v) is 12.6. The molecule has 0 aromatic carbocycles. The number of methoxy groups -OCH3 is 1. The van der Waals surface area contributed by atoms with Crippen LogP contribution in [0.5, 0.6) is 0 Å². The number of nitrogens with zero attached hydrogens (tertiary/aromatic N) is 2. The summed E-state index contributed by atoms with van der Waals surface area (Å²) in [6.45, 7) is 0. The molecule has 2 aliphatic rings. The van der Waals surface area contributed by atoms with Crippen LogP contribution in [0.3, 0.4) is 0 Å². The number of nitrogens with one attached hydrogen (secondary N) is 2. The van der Waals surface area contributed by atoms with E-state index in [2.05, 4.69) is 20.8 Å². The van der Waals surface area contributed by atoms with Crippen LogP contribution in [0, 0.1) is 5.92 Å². The van der Waals surface area contributed by atoms with E-state index in [1.807, 2.05) is 0 Å².